The van der Waals surface area contributed by atoms with Gasteiger partial charge in [0.25, 0.3) is 0 Å². The summed E-state index contributed by atoms with van der Waals surface area (Å²) in [6.07, 6.45) is -4.20. The number of anilines is 1. The van der Waals surface area contributed by atoms with Crippen LogP contribution in [0, 0.1) is 0 Å². The van der Waals surface area contributed by atoms with Crippen molar-refractivity contribution in [3.8, 4) is 5.75 Å². The molecule has 0 saturated heterocycles. The summed E-state index contributed by atoms with van der Waals surface area (Å²) in [5.74, 6) is 0.557. The largest absolute Gasteiger partial charge is 0.492 e. The van der Waals surface area contributed by atoms with Gasteiger partial charge < -0.3 is 20.1 Å². The highest BCUT2D eigenvalue weighted by atomic mass is 32.2. The molecule has 0 spiro atoms. The number of aromatic amines is 1. The van der Waals surface area contributed by atoms with Crippen LogP contribution in [0.3, 0.4) is 0 Å². The van der Waals surface area contributed by atoms with E-state index in [4.69, 9.17) is 4.74 Å². The number of nitrogens with one attached hydrogen (secondary N) is 3. The average molecular weight is 508 g/mol. The number of halogens is 3. The van der Waals surface area contributed by atoms with Crippen LogP contribution in [0.5, 0.6) is 5.75 Å². The molecule has 35 heavy (non-hydrogen) atoms. The lowest BCUT2D eigenvalue weighted by molar-refractivity contribution is -0.137. The molecule has 1 heterocycles. The lowest BCUT2D eigenvalue weighted by atomic mass is 10.1. The molecule has 3 aromatic carbocycles. The summed E-state index contributed by atoms with van der Waals surface area (Å²) in [6, 6.07) is 15.4. The maximum absolute atomic E-state index is 13.0. The number of alkyl halides is 3. The third kappa shape index (κ3) is 6.24. The summed E-state index contributed by atoms with van der Waals surface area (Å²) in [5.41, 5.74) is 1.29. The molecule has 4 rings (SSSR count). The van der Waals surface area contributed by atoms with E-state index in [2.05, 4.69) is 15.0 Å². The van der Waals surface area contributed by atoms with E-state index in [1.165, 1.54) is 6.07 Å². The molecule has 186 valence electrons. The Balaban J connectivity index is 1.31. The van der Waals surface area contributed by atoms with E-state index in [1.54, 1.807) is 42.5 Å². The zero-order valence-electron chi connectivity index (χ0n) is 18.7. The standard InChI is InChI=1S/C24H24F3N3O4S/c1-35(32,33)30-17-4-2-3-15(11-17)23(31)14-28-9-10-34-18-6-8-20-19-7-5-16(24(25,26)27)12-21(19)29-22(20)13-18/h2-8,11-13,23,28-31H,9-10,14H2,1H3/t23-/m0/s1. The SMILES string of the molecule is CS(=O)(=O)Nc1cccc([C@@H](O)CNCCOc2ccc3c(c2)[nH]c2cc(C(F)(F)F)ccc23)c1. The first-order valence-corrected chi connectivity index (χ1v) is 12.6. The van der Waals surface area contributed by atoms with E-state index in [0.29, 0.717) is 46.6 Å². The van der Waals surface area contributed by atoms with Gasteiger partial charge in [0.2, 0.25) is 10.0 Å². The summed E-state index contributed by atoms with van der Waals surface area (Å²) in [5, 5.41) is 14.9. The number of fused-ring (bicyclic) bond motifs is 3. The summed E-state index contributed by atoms with van der Waals surface area (Å²) < 4.78 is 69.8. The molecule has 11 heteroatoms. The molecule has 0 aliphatic carbocycles. The van der Waals surface area contributed by atoms with E-state index in [-0.39, 0.29) is 6.54 Å². The smallest absolute Gasteiger partial charge is 0.416 e. The highest BCUT2D eigenvalue weighted by molar-refractivity contribution is 7.92. The van der Waals surface area contributed by atoms with Gasteiger partial charge in [0.15, 0.2) is 0 Å². The first-order chi connectivity index (χ1) is 16.5. The molecule has 0 aliphatic heterocycles. The summed E-state index contributed by atoms with van der Waals surface area (Å²) in [6.45, 7) is 0.957. The fourth-order valence-electron chi connectivity index (χ4n) is 3.78. The van der Waals surface area contributed by atoms with Crippen LogP contribution in [0.25, 0.3) is 21.8 Å². The Kier molecular flexibility index (Phi) is 6.93. The highest BCUT2D eigenvalue weighted by Crippen LogP contribution is 2.34. The van der Waals surface area contributed by atoms with Crippen molar-refractivity contribution in [3.05, 3.63) is 71.8 Å². The molecule has 0 fully saturated rings. The number of benzene rings is 3. The van der Waals surface area contributed by atoms with Crippen LogP contribution in [-0.4, -0.2) is 44.5 Å². The molecular weight excluding hydrogens is 483 g/mol. The van der Waals surface area contributed by atoms with Crippen molar-refractivity contribution in [3.63, 3.8) is 0 Å². The minimum atomic E-state index is -4.41. The number of hydrogen-bond donors (Lipinski definition) is 4. The Morgan fingerprint density at radius 1 is 1.03 bits per heavy atom. The van der Waals surface area contributed by atoms with Crippen LogP contribution in [-0.2, 0) is 16.2 Å². The lowest BCUT2D eigenvalue weighted by Gasteiger charge is -2.14. The van der Waals surface area contributed by atoms with Gasteiger partial charge in [0, 0.05) is 41.1 Å². The van der Waals surface area contributed by atoms with Crippen molar-refractivity contribution in [2.24, 2.45) is 0 Å². The van der Waals surface area contributed by atoms with Gasteiger partial charge in [-0.25, -0.2) is 8.42 Å². The number of ether oxygens (including phenoxy) is 1. The van der Waals surface area contributed by atoms with Crippen LogP contribution < -0.4 is 14.8 Å². The van der Waals surface area contributed by atoms with E-state index in [9.17, 15) is 26.7 Å². The van der Waals surface area contributed by atoms with Crippen LogP contribution in [0.15, 0.2) is 60.7 Å². The Bertz CT molecular complexity index is 1450. The fraction of sp³-hybridized carbons (Fsp3) is 0.250. The number of aromatic nitrogens is 1. The van der Waals surface area contributed by atoms with Gasteiger partial charge in [-0.15, -0.1) is 0 Å². The molecule has 0 aliphatic rings. The van der Waals surface area contributed by atoms with Crippen molar-refractivity contribution < 1.29 is 31.4 Å². The Morgan fingerprint density at radius 2 is 1.74 bits per heavy atom. The number of sulfonamides is 1. The molecule has 7 nitrogen and oxygen atoms in total. The maximum Gasteiger partial charge on any atom is 0.416 e. The Labute approximate surface area is 200 Å². The van der Waals surface area contributed by atoms with Crippen molar-refractivity contribution in [2.75, 3.05) is 30.7 Å². The van der Waals surface area contributed by atoms with Crippen molar-refractivity contribution >= 4 is 37.5 Å². The number of aliphatic hydroxyl groups excluding tert-OH is 1. The minimum absolute atomic E-state index is 0.230. The molecule has 0 amide bonds. The second-order valence-electron chi connectivity index (χ2n) is 8.16. The Morgan fingerprint density at radius 3 is 2.46 bits per heavy atom. The highest BCUT2D eigenvalue weighted by Gasteiger charge is 2.30. The third-order valence-corrected chi connectivity index (χ3v) is 5.96. The van der Waals surface area contributed by atoms with E-state index in [1.807, 2.05) is 0 Å². The third-order valence-electron chi connectivity index (χ3n) is 5.36. The number of H-pyrrole nitrogens is 1. The fourth-order valence-corrected chi connectivity index (χ4v) is 4.33. The van der Waals surface area contributed by atoms with Gasteiger partial charge in [-0.2, -0.15) is 13.2 Å². The number of hydrogen-bond acceptors (Lipinski definition) is 5. The second-order valence-corrected chi connectivity index (χ2v) is 9.91. The molecule has 1 atom stereocenters. The van der Waals surface area contributed by atoms with Gasteiger partial charge >= 0.3 is 6.18 Å². The maximum atomic E-state index is 13.0. The van der Waals surface area contributed by atoms with Gasteiger partial charge in [-0.05, 0) is 42.0 Å². The van der Waals surface area contributed by atoms with Gasteiger partial charge in [0.1, 0.15) is 12.4 Å². The topological polar surface area (TPSA) is 103 Å². The van der Waals surface area contributed by atoms with Crippen LogP contribution in [0.4, 0.5) is 18.9 Å². The summed E-state index contributed by atoms with van der Waals surface area (Å²) in [7, 11) is -3.41. The molecule has 4 N–H and O–H groups in total. The van der Waals surface area contributed by atoms with E-state index < -0.39 is 27.9 Å². The van der Waals surface area contributed by atoms with E-state index >= 15 is 0 Å². The van der Waals surface area contributed by atoms with Crippen LogP contribution in [0.2, 0.25) is 0 Å². The van der Waals surface area contributed by atoms with Gasteiger partial charge in [-0.1, -0.05) is 18.2 Å². The molecule has 1 aromatic heterocycles. The normalized spacial score (nSPS) is 13.3. The summed E-state index contributed by atoms with van der Waals surface area (Å²) >= 11 is 0. The zero-order chi connectivity index (χ0) is 25.2. The van der Waals surface area contributed by atoms with E-state index in [0.717, 1.165) is 23.8 Å². The predicted molar refractivity (Wildman–Crippen MR) is 129 cm³/mol. The van der Waals surface area contributed by atoms with Gasteiger partial charge in [0.05, 0.1) is 23.4 Å². The van der Waals surface area contributed by atoms with Crippen LogP contribution in [0.1, 0.15) is 17.2 Å². The Hall–Kier alpha value is -3.28. The minimum Gasteiger partial charge on any atom is -0.492 e. The molecule has 0 radical (unpaired) electrons. The zero-order valence-corrected chi connectivity index (χ0v) is 19.5. The average Bonchev–Trinajstić information content (AvgIpc) is 3.14. The molecule has 0 saturated carbocycles. The van der Waals surface area contributed by atoms with Crippen LogP contribution >= 0.6 is 0 Å². The van der Waals surface area contributed by atoms with Gasteiger partial charge in [-0.3, -0.25) is 4.72 Å². The number of aliphatic hydroxyl groups is 1. The van der Waals surface area contributed by atoms with Crippen molar-refractivity contribution in [1.82, 2.24) is 10.3 Å². The second kappa shape index (κ2) is 9.76. The first-order valence-electron chi connectivity index (χ1n) is 10.7. The van der Waals surface area contributed by atoms with Crippen molar-refractivity contribution in [2.45, 2.75) is 12.3 Å². The molecule has 0 bridgehead atoms. The monoisotopic (exact) mass is 507 g/mol. The molecule has 4 aromatic rings. The predicted octanol–water partition coefficient (Wildman–Crippen LogP) is 4.41. The lowest BCUT2D eigenvalue weighted by Crippen LogP contribution is -2.26. The first kappa shape index (κ1) is 24.8. The number of rotatable bonds is 9. The molecule has 0 unspecified atom stereocenters. The summed E-state index contributed by atoms with van der Waals surface area (Å²) in [4.78, 5) is 3.01. The van der Waals surface area contributed by atoms with Crippen molar-refractivity contribution in [1.29, 1.82) is 0 Å². The molecular formula is C24H24F3N3O4S. The quantitative estimate of drug-likeness (QED) is 0.251.